The van der Waals surface area contributed by atoms with Gasteiger partial charge in [0.15, 0.2) is 0 Å². The molecule has 0 aromatic heterocycles. The first kappa shape index (κ1) is 15.5. The van der Waals surface area contributed by atoms with E-state index >= 15 is 0 Å². The molecule has 2 rings (SSSR count). The molecular formula is C16H19NO3S. The highest BCUT2D eigenvalue weighted by Gasteiger charge is 2.14. The second-order valence-corrected chi connectivity index (χ2v) is 6.61. The Hall–Kier alpha value is -1.85. The molecule has 0 aliphatic heterocycles. The Balaban J connectivity index is 2.09. The number of rotatable bonds is 6. The molecule has 0 atom stereocenters. The number of para-hydroxylation sites is 1. The second-order valence-electron chi connectivity index (χ2n) is 4.85. The lowest BCUT2D eigenvalue weighted by molar-refractivity contribution is 0.467. The summed E-state index contributed by atoms with van der Waals surface area (Å²) >= 11 is 0. The number of phenols is 1. The molecule has 0 radical (unpaired) electrons. The van der Waals surface area contributed by atoms with E-state index in [1.807, 2.05) is 12.1 Å². The number of benzene rings is 2. The minimum atomic E-state index is -3.57. The molecule has 0 spiro atoms. The maximum Gasteiger partial charge on any atom is 0.240 e. The Morgan fingerprint density at radius 3 is 2.33 bits per heavy atom. The van der Waals surface area contributed by atoms with Crippen LogP contribution in [0.15, 0.2) is 53.4 Å². The number of nitrogens with one attached hydrogen (secondary N) is 1. The van der Waals surface area contributed by atoms with Crippen LogP contribution < -0.4 is 4.72 Å². The van der Waals surface area contributed by atoms with Crippen molar-refractivity contribution in [3.63, 3.8) is 0 Å². The van der Waals surface area contributed by atoms with Gasteiger partial charge in [0, 0.05) is 12.1 Å². The van der Waals surface area contributed by atoms with Crippen LogP contribution in [0.1, 0.15) is 24.5 Å². The molecule has 5 heteroatoms. The summed E-state index contributed by atoms with van der Waals surface area (Å²) in [4.78, 5) is 0.234. The number of phenolic OH excluding ortho intramolecular Hbond substituents is 1. The molecule has 0 heterocycles. The lowest BCUT2D eigenvalue weighted by atomic mass is 10.1. The summed E-state index contributed by atoms with van der Waals surface area (Å²) in [6.45, 7) is 2.14. The van der Waals surface area contributed by atoms with E-state index in [1.54, 1.807) is 30.3 Å². The van der Waals surface area contributed by atoms with Crippen molar-refractivity contribution in [1.82, 2.24) is 4.72 Å². The maximum atomic E-state index is 12.2. The smallest absolute Gasteiger partial charge is 0.240 e. The van der Waals surface area contributed by atoms with E-state index in [4.69, 9.17) is 0 Å². The van der Waals surface area contributed by atoms with Gasteiger partial charge >= 0.3 is 0 Å². The highest BCUT2D eigenvalue weighted by atomic mass is 32.2. The van der Waals surface area contributed by atoms with Gasteiger partial charge in [0.1, 0.15) is 5.75 Å². The van der Waals surface area contributed by atoms with Gasteiger partial charge in [-0.25, -0.2) is 13.1 Å². The largest absolute Gasteiger partial charge is 0.508 e. The van der Waals surface area contributed by atoms with Crippen LogP contribution in [0.5, 0.6) is 5.75 Å². The van der Waals surface area contributed by atoms with E-state index in [0.717, 1.165) is 18.4 Å². The quantitative estimate of drug-likeness (QED) is 0.862. The average molecular weight is 305 g/mol. The molecule has 0 bridgehead atoms. The predicted octanol–water partition coefficient (Wildman–Crippen LogP) is 2.82. The van der Waals surface area contributed by atoms with Crippen molar-refractivity contribution in [1.29, 1.82) is 0 Å². The number of sulfonamides is 1. The van der Waals surface area contributed by atoms with Gasteiger partial charge in [-0.3, -0.25) is 0 Å². The third kappa shape index (κ3) is 4.06. The summed E-state index contributed by atoms with van der Waals surface area (Å²) in [5, 5.41) is 9.64. The van der Waals surface area contributed by atoms with Crippen LogP contribution in [-0.2, 0) is 23.0 Å². The van der Waals surface area contributed by atoms with Crippen molar-refractivity contribution in [2.75, 3.05) is 0 Å². The van der Waals surface area contributed by atoms with Crippen molar-refractivity contribution in [2.24, 2.45) is 0 Å². The second kappa shape index (κ2) is 6.74. The van der Waals surface area contributed by atoms with Crippen LogP contribution in [0.3, 0.4) is 0 Å². The van der Waals surface area contributed by atoms with Crippen LogP contribution in [-0.4, -0.2) is 13.5 Å². The molecule has 2 aromatic carbocycles. The molecule has 0 saturated heterocycles. The van der Waals surface area contributed by atoms with Gasteiger partial charge in [-0.05, 0) is 30.2 Å². The summed E-state index contributed by atoms with van der Waals surface area (Å²) in [5.41, 5.74) is 1.67. The van der Waals surface area contributed by atoms with Gasteiger partial charge < -0.3 is 5.11 Å². The van der Waals surface area contributed by atoms with Gasteiger partial charge in [0.2, 0.25) is 10.0 Å². The SMILES string of the molecule is CCCc1ccc(S(=O)(=O)NCc2ccccc2O)cc1. The Labute approximate surface area is 125 Å². The van der Waals surface area contributed by atoms with Gasteiger partial charge in [0.05, 0.1) is 4.90 Å². The summed E-state index contributed by atoms with van der Waals surface area (Å²) in [6, 6.07) is 13.5. The van der Waals surface area contributed by atoms with Crippen LogP contribution in [0.25, 0.3) is 0 Å². The first-order valence-corrected chi connectivity index (χ1v) is 8.36. The molecule has 2 N–H and O–H groups in total. The van der Waals surface area contributed by atoms with E-state index in [2.05, 4.69) is 11.6 Å². The van der Waals surface area contributed by atoms with E-state index in [0.29, 0.717) is 5.56 Å². The predicted molar refractivity (Wildman–Crippen MR) is 82.6 cm³/mol. The Kier molecular flexibility index (Phi) is 4.98. The first-order chi connectivity index (χ1) is 10.0. The number of hydrogen-bond donors (Lipinski definition) is 2. The summed E-state index contributed by atoms with van der Waals surface area (Å²) in [5.74, 6) is 0.0819. The van der Waals surface area contributed by atoms with Crippen molar-refractivity contribution >= 4 is 10.0 Å². The Morgan fingerprint density at radius 2 is 1.71 bits per heavy atom. The van der Waals surface area contributed by atoms with Crippen molar-refractivity contribution in [3.05, 3.63) is 59.7 Å². The zero-order valence-electron chi connectivity index (χ0n) is 11.9. The van der Waals surface area contributed by atoms with Crippen LogP contribution in [0.4, 0.5) is 0 Å². The fourth-order valence-electron chi connectivity index (χ4n) is 2.04. The van der Waals surface area contributed by atoms with E-state index in [1.165, 1.54) is 6.07 Å². The topological polar surface area (TPSA) is 66.4 Å². The zero-order chi connectivity index (χ0) is 15.3. The summed E-state index contributed by atoms with van der Waals surface area (Å²) in [6.07, 6.45) is 1.96. The molecular weight excluding hydrogens is 286 g/mol. The Morgan fingerprint density at radius 1 is 1.05 bits per heavy atom. The van der Waals surface area contributed by atoms with E-state index in [9.17, 15) is 13.5 Å². The fourth-order valence-corrected chi connectivity index (χ4v) is 3.05. The molecule has 0 saturated carbocycles. The highest BCUT2D eigenvalue weighted by molar-refractivity contribution is 7.89. The van der Waals surface area contributed by atoms with Gasteiger partial charge in [-0.2, -0.15) is 0 Å². The molecule has 112 valence electrons. The third-order valence-corrected chi connectivity index (χ3v) is 4.63. The van der Waals surface area contributed by atoms with E-state index in [-0.39, 0.29) is 17.2 Å². The molecule has 4 nitrogen and oxygen atoms in total. The fraction of sp³-hybridized carbons (Fsp3) is 0.250. The normalized spacial score (nSPS) is 11.5. The number of aryl methyl sites for hydroxylation is 1. The molecule has 0 aliphatic carbocycles. The number of aromatic hydroxyl groups is 1. The van der Waals surface area contributed by atoms with Crippen LogP contribution >= 0.6 is 0 Å². The molecule has 0 amide bonds. The van der Waals surface area contributed by atoms with Crippen molar-refractivity contribution < 1.29 is 13.5 Å². The Bertz CT molecular complexity index is 694. The van der Waals surface area contributed by atoms with Gasteiger partial charge in [-0.15, -0.1) is 0 Å². The average Bonchev–Trinajstić information content (AvgIpc) is 2.47. The zero-order valence-corrected chi connectivity index (χ0v) is 12.7. The third-order valence-electron chi connectivity index (χ3n) is 3.22. The monoisotopic (exact) mass is 305 g/mol. The molecule has 0 fully saturated rings. The summed E-state index contributed by atoms with van der Waals surface area (Å²) < 4.78 is 26.9. The maximum absolute atomic E-state index is 12.2. The van der Waals surface area contributed by atoms with Gasteiger partial charge in [0.25, 0.3) is 0 Å². The first-order valence-electron chi connectivity index (χ1n) is 6.88. The van der Waals surface area contributed by atoms with Gasteiger partial charge in [-0.1, -0.05) is 43.7 Å². The van der Waals surface area contributed by atoms with Crippen molar-refractivity contribution in [3.8, 4) is 5.75 Å². The lowest BCUT2D eigenvalue weighted by Crippen LogP contribution is -2.23. The van der Waals surface area contributed by atoms with E-state index < -0.39 is 10.0 Å². The standard InChI is InChI=1S/C16H19NO3S/c1-2-5-13-8-10-15(11-9-13)21(19,20)17-12-14-6-3-4-7-16(14)18/h3-4,6-11,17-18H,2,5,12H2,1H3. The molecule has 0 unspecified atom stereocenters. The minimum Gasteiger partial charge on any atom is -0.508 e. The number of hydrogen-bond acceptors (Lipinski definition) is 3. The van der Waals surface area contributed by atoms with Crippen LogP contribution in [0.2, 0.25) is 0 Å². The van der Waals surface area contributed by atoms with Crippen LogP contribution in [0, 0.1) is 0 Å². The molecule has 21 heavy (non-hydrogen) atoms. The van der Waals surface area contributed by atoms with Crippen molar-refractivity contribution in [2.45, 2.75) is 31.2 Å². The highest BCUT2D eigenvalue weighted by Crippen LogP contribution is 2.17. The summed E-state index contributed by atoms with van der Waals surface area (Å²) in [7, 11) is -3.57. The minimum absolute atomic E-state index is 0.0612. The lowest BCUT2D eigenvalue weighted by Gasteiger charge is -2.08. The molecule has 0 aliphatic rings. The molecule has 2 aromatic rings.